The third-order valence-electron chi connectivity index (χ3n) is 5.44. The van der Waals surface area contributed by atoms with Gasteiger partial charge >= 0.3 is 6.18 Å². The summed E-state index contributed by atoms with van der Waals surface area (Å²) < 4.78 is 40.6. The molecule has 0 spiro atoms. The van der Waals surface area contributed by atoms with Gasteiger partial charge in [0.05, 0.1) is 17.2 Å². The zero-order chi connectivity index (χ0) is 22.9. The van der Waals surface area contributed by atoms with Crippen molar-refractivity contribution in [1.29, 1.82) is 0 Å². The summed E-state index contributed by atoms with van der Waals surface area (Å²) in [6.45, 7) is 4.99. The molecule has 2 aromatic heterocycles. The van der Waals surface area contributed by atoms with Crippen LogP contribution in [0.15, 0.2) is 42.7 Å². The molecule has 0 unspecified atom stereocenters. The number of benzene rings is 1. The molecule has 7 nitrogen and oxygen atoms in total. The van der Waals surface area contributed by atoms with Crippen LogP contribution in [-0.2, 0) is 11.0 Å². The highest BCUT2D eigenvalue weighted by molar-refractivity contribution is 5.93. The second kappa shape index (κ2) is 8.60. The number of hydrogen-bond donors (Lipinski definition) is 1. The fourth-order valence-electron chi connectivity index (χ4n) is 3.90. The van der Waals surface area contributed by atoms with Gasteiger partial charge in [-0.25, -0.2) is 14.6 Å². The molecule has 10 heteroatoms. The Morgan fingerprint density at radius 2 is 1.91 bits per heavy atom. The highest BCUT2D eigenvalue weighted by atomic mass is 19.4. The van der Waals surface area contributed by atoms with E-state index >= 15 is 0 Å². The van der Waals surface area contributed by atoms with Crippen LogP contribution in [-0.4, -0.2) is 38.7 Å². The van der Waals surface area contributed by atoms with Gasteiger partial charge in [0.2, 0.25) is 5.91 Å². The van der Waals surface area contributed by atoms with Crippen molar-refractivity contribution in [2.75, 3.05) is 23.3 Å². The first-order valence-electron chi connectivity index (χ1n) is 10.3. The Morgan fingerprint density at radius 1 is 1.12 bits per heavy atom. The van der Waals surface area contributed by atoms with Crippen LogP contribution in [0.5, 0.6) is 0 Å². The molecule has 0 radical (unpaired) electrons. The first-order valence-corrected chi connectivity index (χ1v) is 10.3. The molecule has 0 aliphatic carbocycles. The average molecular weight is 444 g/mol. The van der Waals surface area contributed by atoms with Crippen LogP contribution in [0.25, 0.3) is 5.82 Å². The van der Waals surface area contributed by atoms with Gasteiger partial charge < -0.3 is 10.2 Å². The molecule has 1 saturated heterocycles. The maximum absolute atomic E-state index is 12.9. The smallest absolute Gasteiger partial charge is 0.356 e. The van der Waals surface area contributed by atoms with E-state index in [0.717, 1.165) is 36.5 Å². The van der Waals surface area contributed by atoms with Crippen LogP contribution >= 0.6 is 0 Å². The number of aryl methyl sites for hydroxylation is 2. The minimum Gasteiger partial charge on any atom is -0.356 e. The molecule has 1 aliphatic rings. The third-order valence-corrected chi connectivity index (χ3v) is 5.44. The van der Waals surface area contributed by atoms with Crippen LogP contribution in [0.4, 0.5) is 24.7 Å². The second-order valence-electron chi connectivity index (χ2n) is 7.93. The topological polar surface area (TPSA) is 75.9 Å². The van der Waals surface area contributed by atoms with Crippen molar-refractivity contribution in [3.63, 3.8) is 0 Å². The molecule has 0 bridgehead atoms. The van der Waals surface area contributed by atoms with Crippen LogP contribution in [0.3, 0.4) is 0 Å². The van der Waals surface area contributed by atoms with Gasteiger partial charge in [-0.05, 0) is 51.0 Å². The largest absolute Gasteiger partial charge is 0.416 e. The van der Waals surface area contributed by atoms with Gasteiger partial charge in [-0.2, -0.15) is 18.3 Å². The first kappa shape index (κ1) is 21.8. The van der Waals surface area contributed by atoms with E-state index in [9.17, 15) is 18.0 Å². The monoisotopic (exact) mass is 444 g/mol. The molecule has 1 aromatic carbocycles. The van der Waals surface area contributed by atoms with Crippen molar-refractivity contribution >= 4 is 17.4 Å². The Morgan fingerprint density at radius 3 is 2.62 bits per heavy atom. The lowest BCUT2D eigenvalue weighted by molar-refractivity contribution is -0.137. The third kappa shape index (κ3) is 4.74. The van der Waals surface area contributed by atoms with E-state index in [1.54, 1.807) is 4.68 Å². The van der Waals surface area contributed by atoms with Crippen molar-refractivity contribution in [3.05, 3.63) is 59.7 Å². The number of aromatic nitrogens is 4. The van der Waals surface area contributed by atoms with Crippen LogP contribution in [0.1, 0.15) is 29.8 Å². The standard InChI is InChI=1S/C22H23F3N6O/c1-14-9-15(2)31(29-14)20-11-19(26-13-27-20)30-8-4-5-16(12-30)21(32)28-18-7-3-6-17(10-18)22(23,24)25/h3,6-7,9-11,13,16H,4-5,8,12H2,1-2H3,(H,28,32)/t16-/m0/s1. The summed E-state index contributed by atoms with van der Waals surface area (Å²) in [5.74, 6) is 0.641. The maximum Gasteiger partial charge on any atom is 0.416 e. The van der Waals surface area contributed by atoms with Crippen LogP contribution < -0.4 is 10.2 Å². The van der Waals surface area contributed by atoms with E-state index in [-0.39, 0.29) is 17.5 Å². The predicted octanol–water partition coefficient (Wildman–Crippen LogP) is 4.15. The molecule has 3 heterocycles. The Hall–Kier alpha value is -3.43. The molecule has 1 fully saturated rings. The number of amides is 1. The number of carbonyl (C=O) groups excluding carboxylic acids is 1. The van der Waals surface area contributed by atoms with Gasteiger partial charge in [0.15, 0.2) is 5.82 Å². The van der Waals surface area contributed by atoms with E-state index in [1.165, 1.54) is 18.5 Å². The molecule has 32 heavy (non-hydrogen) atoms. The summed E-state index contributed by atoms with van der Waals surface area (Å²) in [5.41, 5.74) is 1.17. The zero-order valence-corrected chi connectivity index (χ0v) is 17.7. The van der Waals surface area contributed by atoms with E-state index < -0.39 is 11.7 Å². The minimum atomic E-state index is -4.46. The molecular weight excluding hydrogens is 421 g/mol. The van der Waals surface area contributed by atoms with Gasteiger partial charge in [-0.3, -0.25) is 4.79 Å². The Kier molecular flexibility index (Phi) is 5.86. The van der Waals surface area contributed by atoms with Gasteiger partial charge in [-0.15, -0.1) is 0 Å². The second-order valence-corrected chi connectivity index (χ2v) is 7.93. The maximum atomic E-state index is 12.9. The molecule has 1 amide bonds. The summed E-state index contributed by atoms with van der Waals surface area (Å²) in [6.07, 6.45) is -1.58. The highest BCUT2D eigenvalue weighted by Gasteiger charge is 2.31. The van der Waals surface area contributed by atoms with Crippen molar-refractivity contribution < 1.29 is 18.0 Å². The number of nitrogens with one attached hydrogen (secondary N) is 1. The molecule has 168 valence electrons. The number of rotatable bonds is 4. The zero-order valence-electron chi connectivity index (χ0n) is 17.7. The number of nitrogens with zero attached hydrogens (tertiary/aromatic N) is 5. The lowest BCUT2D eigenvalue weighted by Gasteiger charge is -2.33. The van der Waals surface area contributed by atoms with Gasteiger partial charge in [-0.1, -0.05) is 6.07 Å². The number of piperidine rings is 1. The number of carbonyl (C=O) groups is 1. The normalized spacial score (nSPS) is 16.8. The molecule has 3 aromatic rings. The Bertz CT molecular complexity index is 1130. The molecule has 0 saturated carbocycles. The Balaban J connectivity index is 1.47. The summed E-state index contributed by atoms with van der Waals surface area (Å²) in [6, 6.07) is 8.45. The summed E-state index contributed by atoms with van der Waals surface area (Å²) in [4.78, 5) is 23.4. The minimum absolute atomic E-state index is 0.135. The molecule has 1 aliphatic heterocycles. The van der Waals surface area contributed by atoms with Crippen molar-refractivity contribution in [1.82, 2.24) is 19.7 Å². The quantitative estimate of drug-likeness (QED) is 0.654. The first-order chi connectivity index (χ1) is 15.2. The molecule has 1 atom stereocenters. The highest BCUT2D eigenvalue weighted by Crippen LogP contribution is 2.31. The number of anilines is 2. The summed E-state index contributed by atoms with van der Waals surface area (Å²) in [7, 11) is 0. The molecule has 1 N–H and O–H groups in total. The van der Waals surface area contributed by atoms with Crippen molar-refractivity contribution in [2.24, 2.45) is 5.92 Å². The van der Waals surface area contributed by atoms with E-state index in [1.807, 2.05) is 30.9 Å². The van der Waals surface area contributed by atoms with Gasteiger partial charge in [0.25, 0.3) is 0 Å². The van der Waals surface area contributed by atoms with E-state index in [2.05, 4.69) is 20.4 Å². The SMILES string of the molecule is Cc1cc(C)n(-c2cc(N3CCC[C@H](C(=O)Nc4cccc(C(F)(F)F)c4)C3)ncn2)n1. The fraction of sp³-hybridized carbons (Fsp3) is 0.364. The van der Waals surface area contributed by atoms with Crippen LogP contribution in [0, 0.1) is 19.8 Å². The Labute approximate surface area is 183 Å². The lowest BCUT2D eigenvalue weighted by atomic mass is 9.97. The molecular formula is C22H23F3N6O. The van der Waals surface area contributed by atoms with E-state index in [4.69, 9.17) is 0 Å². The van der Waals surface area contributed by atoms with Crippen LogP contribution in [0.2, 0.25) is 0 Å². The summed E-state index contributed by atoms with van der Waals surface area (Å²) in [5, 5.41) is 7.08. The fourth-order valence-corrected chi connectivity index (χ4v) is 3.90. The average Bonchev–Trinajstić information content (AvgIpc) is 3.11. The lowest BCUT2D eigenvalue weighted by Crippen LogP contribution is -2.41. The predicted molar refractivity (Wildman–Crippen MR) is 114 cm³/mol. The number of alkyl halides is 3. The van der Waals surface area contributed by atoms with Gasteiger partial charge in [0.1, 0.15) is 12.1 Å². The van der Waals surface area contributed by atoms with Crippen molar-refractivity contribution in [2.45, 2.75) is 32.9 Å². The van der Waals surface area contributed by atoms with Gasteiger partial charge in [0, 0.05) is 30.5 Å². The number of hydrogen-bond acceptors (Lipinski definition) is 5. The summed E-state index contributed by atoms with van der Waals surface area (Å²) >= 11 is 0. The van der Waals surface area contributed by atoms with Crippen molar-refractivity contribution in [3.8, 4) is 5.82 Å². The van der Waals surface area contributed by atoms with E-state index in [0.29, 0.717) is 24.6 Å². The molecule has 4 rings (SSSR count). The number of halogens is 3.